The average Bonchev–Trinajstić information content (AvgIpc) is 2.97. The van der Waals surface area contributed by atoms with Crippen LogP contribution in [-0.2, 0) is 24.2 Å². The van der Waals surface area contributed by atoms with Gasteiger partial charge >= 0.3 is 0 Å². The first-order valence-electron chi connectivity index (χ1n) is 7.71. The van der Waals surface area contributed by atoms with E-state index >= 15 is 0 Å². The van der Waals surface area contributed by atoms with Gasteiger partial charge in [0.2, 0.25) is 5.91 Å². The maximum Gasteiger partial charge on any atom is 0.228 e. The van der Waals surface area contributed by atoms with Crippen molar-refractivity contribution in [2.45, 2.75) is 26.3 Å². The minimum Gasteiger partial charge on any atom is -0.338 e. The van der Waals surface area contributed by atoms with Crippen LogP contribution in [0.15, 0.2) is 29.0 Å². The SMILES string of the molecule is Cc1ncc(CC(=O)N2CCc3nc4ncc(Br)cc4cc3C2)s1. The highest BCUT2D eigenvalue weighted by molar-refractivity contribution is 9.10. The molecule has 3 aromatic heterocycles. The monoisotopic (exact) mass is 402 g/mol. The number of halogens is 1. The van der Waals surface area contributed by atoms with E-state index in [1.807, 2.05) is 17.9 Å². The van der Waals surface area contributed by atoms with Gasteiger partial charge in [-0.15, -0.1) is 11.3 Å². The largest absolute Gasteiger partial charge is 0.338 e. The molecule has 24 heavy (non-hydrogen) atoms. The van der Waals surface area contributed by atoms with Crippen molar-refractivity contribution in [1.29, 1.82) is 0 Å². The maximum absolute atomic E-state index is 12.6. The Morgan fingerprint density at radius 2 is 2.21 bits per heavy atom. The third-order valence-electron chi connectivity index (χ3n) is 4.13. The number of hydrogen-bond donors (Lipinski definition) is 0. The summed E-state index contributed by atoms with van der Waals surface area (Å²) in [6.45, 7) is 3.28. The molecule has 0 saturated heterocycles. The van der Waals surface area contributed by atoms with E-state index in [-0.39, 0.29) is 5.91 Å². The molecular weight excluding hydrogens is 388 g/mol. The zero-order chi connectivity index (χ0) is 16.7. The molecule has 1 amide bonds. The number of hydrogen-bond acceptors (Lipinski definition) is 5. The van der Waals surface area contributed by atoms with Crippen LogP contribution in [0.4, 0.5) is 0 Å². The number of nitrogens with zero attached hydrogens (tertiary/aromatic N) is 4. The first kappa shape index (κ1) is 15.7. The van der Waals surface area contributed by atoms with E-state index in [9.17, 15) is 4.79 Å². The second-order valence-corrected chi connectivity index (χ2v) is 8.12. The van der Waals surface area contributed by atoms with Gasteiger partial charge in [-0.3, -0.25) is 4.79 Å². The summed E-state index contributed by atoms with van der Waals surface area (Å²) < 4.78 is 0.932. The number of aryl methyl sites for hydroxylation is 1. The van der Waals surface area contributed by atoms with Crippen molar-refractivity contribution in [2.75, 3.05) is 6.54 Å². The summed E-state index contributed by atoms with van der Waals surface area (Å²) in [7, 11) is 0. The third kappa shape index (κ3) is 3.06. The molecule has 1 aliphatic heterocycles. The van der Waals surface area contributed by atoms with Crippen LogP contribution in [0.2, 0.25) is 0 Å². The molecule has 0 aromatic carbocycles. The Bertz CT molecular complexity index is 939. The summed E-state index contributed by atoms with van der Waals surface area (Å²) in [5.74, 6) is 0.150. The van der Waals surface area contributed by atoms with Gasteiger partial charge in [0, 0.05) is 52.3 Å². The Labute approximate surface area is 151 Å². The second kappa shape index (κ2) is 6.22. The lowest BCUT2D eigenvalue weighted by Crippen LogP contribution is -2.37. The molecule has 0 radical (unpaired) electrons. The fourth-order valence-electron chi connectivity index (χ4n) is 2.96. The summed E-state index contributed by atoms with van der Waals surface area (Å²) in [6.07, 6.45) is 4.76. The van der Waals surface area contributed by atoms with Crippen LogP contribution in [0.1, 0.15) is 21.1 Å². The normalized spacial score (nSPS) is 14.0. The van der Waals surface area contributed by atoms with E-state index in [0.717, 1.165) is 43.1 Å². The molecule has 7 heteroatoms. The van der Waals surface area contributed by atoms with Crippen LogP contribution in [0, 0.1) is 6.92 Å². The van der Waals surface area contributed by atoms with Gasteiger partial charge < -0.3 is 4.90 Å². The zero-order valence-electron chi connectivity index (χ0n) is 13.1. The molecule has 4 rings (SSSR count). The number of aromatic nitrogens is 3. The molecule has 0 N–H and O–H groups in total. The van der Waals surface area contributed by atoms with Crippen molar-refractivity contribution in [2.24, 2.45) is 0 Å². The summed E-state index contributed by atoms with van der Waals surface area (Å²) in [4.78, 5) is 28.7. The Balaban J connectivity index is 1.57. The molecule has 0 fully saturated rings. The Morgan fingerprint density at radius 3 is 3.00 bits per heavy atom. The van der Waals surface area contributed by atoms with E-state index in [1.165, 1.54) is 0 Å². The van der Waals surface area contributed by atoms with Crippen LogP contribution in [0.5, 0.6) is 0 Å². The number of thiazole rings is 1. The zero-order valence-corrected chi connectivity index (χ0v) is 15.5. The lowest BCUT2D eigenvalue weighted by Gasteiger charge is -2.28. The lowest BCUT2D eigenvalue weighted by molar-refractivity contribution is -0.131. The van der Waals surface area contributed by atoms with Crippen molar-refractivity contribution in [1.82, 2.24) is 19.9 Å². The summed E-state index contributed by atoms with van der Waals surface area (Å²) in [6, 6.07) is 4.11. The topological polar surface area (TPSA) is 59.0 Å². The molecule has 1 aliphatic rings. The van der Waals surface area contributed by atoms with Crippen LogP contribution >= 0.6 is 27.3 Å². The van der Waals surface area contributed by atoms with Crippen molar-refractivity contribution in [3.63, 3.8) is 0 Å². The van der Waals surface area contributed by atoms with Crippen LogP contribution in [0.3, 0.4) is 0 Å². The second-order valence-electron chi connectivity index (χ2n) is 5.88. The van der Waals surface area contributed by atoms with Crippen molar-refractivity contribution < 1.29 is 4.79 Å². The van der Waals surface area contributed by atoms with Gasteiger partial charge in [-0.25, -0.2) is 15.0 Å². The smallest absolute Gasteiger partial charge is 0.228 e. The van der Waals surface area contributed by atoms with Gasteiger partial charge in [0.1, 0.15) is 0 Å². The molecule has 0 unspecified atom stereocenters. The fraction of sp³-hybridized carbons (Fsp3) is 0.294. The minimum absolute atomic E-state index is 0.150. The highest BCUT2D eigenvalue weighted by Gasteiger charge is 2.23. The first-order valence-corrected chi connectivity index (χ1v) is 9.32. The average molecular weight is 403 g/mol. The highest BCUT2D eigenvalue weighted by Crippen LogP contribution is 2.24. The third-order valence-corrected chi connectivity index (χ3v) is 5.48. The van der Waals surface area contributed by atoms with E-state index in [4.69, 9.17) is 0 Å². The molecule has 0 atom stereocenters. The quantitative estimate of drug-likeness (QED) is 0.659. The number of fused-ring (bicyclic) bond motifs is 2. The van der Waals surface area contributed by atoms with Gasteiger partial charge in [0.05, 0.1) is 11.4 Å². The summed E-state index contributed by atoms with van der Waals surface area (Å²) >= 11 is 5.03. The molecular formula is C17H15BrN4OS. The highest BCUT2D eigenvalue weighted by atomic mass is 79.9. The van der Waals surface area contributed by atoms with Crippen LogP contribution in [-0.4, -0.2) is 32.3 Å². The predicted molar refractivity (Wildman–Crippen MR) is 96.9 cm³/mol. The summed E-state index contributed by atoms with van der Waals surface area (Å²) in [5, 5.41) is 1.99. The number of carbonyl (C=O) groups excluding carboxylic acids is 1. The molecule has 5 nitrogen and oxygen atoms in total. The van der Waals surface area contributed by atoms with Crippen LogP contribution < -0.4 is 0 Å². The molecule has 3 aromatic rings. The molecule has 0 saturated carbocycles. The Morgan fingerprint density at radius 1 is 1.33 bits per heavy atom. The number of carbonyl (C=O) groups is 1. The van der Waals surface area contributed by atoms with Gasteiger partial charge in [-0.05, 0) is 40.5 Å². The number of amides is 1. The van der Waals surface area contributed by atoms with E-state index in [2.05, 4.69) is 36.9 Å². The standard InChI is InChI=1S/C17H15BrN4OS/c1-10-19-8-14(24-10)6-16(23)22-3-2-15-12(9-22)4-11-5-13(18)7-20-17(11)21-15/h4-5,7-8H,2-3,6,9H2,1H3. The fourth-order valence-corrected chi connectivity index (χ4v) is 4.09. The van der Waals surface area contributed by atoms with E-state index in [0.29, 0.717) is 19.5 Å². The Kier molecular flexibility index (Phi) is 4.05. The Hall–Kier alpha value is -1.86. The van der Waals surface area contributed by atoms with Gasteiger partial charge in [0.25, 0.3) is 0 Å². The minimum atomic E-state index is 0.150. The lowest BCUT2D eigenvalue weighted by atomic mass is 10.0. The van der Waals surface area contributed by atoms with Crippen molar-refractivity contribution in [3.8, 4) is 0 Å². The van der Waals surface area contributed by atoms with Gasteiger partial charge in [0.15, 0.2) is 5.65 Å². The molecule has 0 aliphatic carbocycles. The molecule has 4 heterocycles. The van der Waals surface area contributed by atoms with E-state index in [1.54, 1.807) is 23.7 Å². The maximum atomic E-state index is 12.6. The van der Waals surface area contributed by atoms with Gasteiger partial charge in [-0.1, -0.05) is 0 Å². The molecule has 0 bridgehead atoms. The molecule has 122 valence electrons. The van der Waals surface area contributed by atoms with Crippen molar-refractivity contribution in [3.05, 3.63) is 50.1 Å². The summed E-state index contributed by atoms with van der Waals surface area (Å²) in [5.41, 5.74) is 2.93. The number of rotatable bonds is 2. The molecule has 0 spiro atoms. The predicted octanol–water partition coefficient (Wildman–Crippen LogP) is 3.28. The van der Waals surface area contributed by atoms with E-state index < -0.39 is 0 Å². The number of pyridine rings is 2. The van der Waals surface area contributed by atoms with Crippen molar-refractivity contribution >= 4 is 44.2 Å². The van der Waals surface area contributed by atoms with Crippen LogP contribution in [0.25, 0.3) is 11.0 Å². The van der Waals surface area contributed by atoms with Gasteiger partial charge in [-0.2, -0.15) is 0 Å². The first-order chi connectivity index (χ1) is 11.6.